The number of likely N-dealkylation sites (N-methyl/N-ethyl adjacent to an activating group) is 1. The van der Waals surface area contributed by atoms with Crippen LogP contribution in [-0.4, -0.2) is 63.7 Å². The molecule has 1 aromatic carbocycles. The van der Waals surface area contributed by atoms with Crippen LogP contribution in [0.2, 0.25) is 0 Å². The number of hydrogen-bond donors (Lipinski definition) is 1. The van der Waals surface area contributed by atoms with Gasteiger partial charge in [0, 0.05) is 30.5 Å². The Labute approximate surface area is 177 Å². The summed E-state index contributed by atoms with van der Waals surface area (Å²) in [5.74, 6) is -1.65. The molecular formula is C22H34F2N2O4. The van der Waals surface area contributed by atoms with Gasteiger partial charge in [0.25, 0.3) is 5.91 Å². The van der Waals surface area contributed by atoms with Crippen molar-refractivity contribution in [1.29, 1.82) is 0 Å². The van der Waals surface area contributed by atoms with E-state index >= 15 is 0 Å². The highest BCUT2D eigenvalue weighted by Gasteiger charge is 2.44. The smallest absolute Gasteiger partial charge is 0.251 e. The van der Waals surface area contributed by atoms with E-state index < -0.39 is 11.5 Å². The van der Waals surface area contributed by atoms with Crippen molar-refractivity contribution >= 4 is 5.91 Å². The number of rotatable bonds is 10. The van der Waals surface area contributed by atoms with Gasteiger partial charge in [0.15, 0.2) is 11.5 Å². The monoisotopic (exact) mass is 428 g/mol. The summed E-state index contributed by atoms with van der Waals surface area (Å²) in [5.41, 5.74) is -0.129. The maximum absolute atomic E-state index is 13.6. The molecule has 0 atom stereocenters. The third-order valence-electron chi connectivity index (χ3n) is 5.91. The summed E-state index contributed by atoms with van der Waals surface area (Å²) < 4.78 is 43.9. The second-order valence-corrected chi connectivity index (χ2v) is 8.07. The number of amides is 1. The number of carbonyl (C=O) groups is 1. The Morgan fingerprint density at radius 2 is 1.67 bits per heavy atom. The molecule has 1 amide bonds. The van der Waals surface area contributed by atoms with E-state index in [1.807, 2.05) is 19.0 Å². The number of unbranched alkanes of at least 4 members (excludes halogenated alkanes) is 1. The molecule has 170 valence electrons. The van der Waals surface area contributed by atoms with Crippen molar-refractivity contribution in [3.05, 3.63) is 17.7 Å². The van der Waals surface area contributed by atoms with Crippen molar-refractivity contribution < 1.29 is 27.8 Å². The summed E-state index contributed by atoms with van der Waals surface area (Å²) in [6.07, 6.45) is 2.18. The summed E-state index contributed by atoms with van der Waals surface area (Å²) in [7, 11) is 6.74. The van der Waals surface area contributed by atoms with Crippen LogP contribution < -0.4 is 19.5 Å². The number of halogens is 2. The van der Waals surface area contributed by atoms with Gasteiger partial charge in [-0.1, -0.05) is 13.3 Å². The summed E-state index contributed by atoms with van der Waals surface area (Å²) in [6, 6.07) is 3.22. The van der Waals surface area contributed by atoms with Crippen LogP contribution in [0.5, 0.6) is 17.2 Å². The van der Waals surface area contributed by atoms with Gasteiger partial charge < -0.3 is 24.4 Å². The molecule has 1 fully saturated rings. The standard InChI is InChI=1S/C22H34F2N2O4/c1-6-7-12-30-19-17(28-4)13-16(14-18(19)29-5)20(27)25-15-21(26(2)3)8-10-22(23,24)11-9-21/h13-14H,6-12,15H2,1-5H3,(H,25,27). The zero-order valence-electron chi connectivity index (χ0n) is 18.6. The number of methoxy groups -OCH3 is 2. The lowest BCUT2D eigenvalue weighted by atomic mass is 9.78. The first-order chi connectivity index (χ1) is 14.2. The highest BCUT2D eigenvalue weighted by Crippen LogP contribution is 2.41. The van der Waals surface area contributed by atoms with E-state index in [4.69, 9.17) is 14.2 Å². The van der Waals surface area contributed by atoms with Crippen molar-refractivity contribution in [2.24, 2.45) is 0 Å². The van der Waals surface area contributed by atoms with Crippen LogP contribution in [0.3, 0.4) is 0 Å². The predicted octanol–water partition coefficient (Wildman–Crippen LogP) is 4.12. The molecule has 2 rings (SSSR count). The largest absolute Gasteiger partial charge is 0.493 e. The molecule has 1 saturated carbocycles. The van der Waals surface area contributed by atoms with Gasteiger partial charge in [-0.05, 0) is 45.5 Å². The Morgan fingerprint density at radius 3 is 2.13 bits per heavy atom. The average molecular weight is 429 g/mol. The molecule has 8 heteroatoms. The van der Waals surface area contributed by atoms with E-state index in [1.165, 1.54) is 14.2 Å². The van der Waals surface area contributed by atoms with E-state index in [0.29, 0.717) is 42.3 Å². The van der Waals surface area contributed by atoms with Crippen LogP contribution in [0.4, 0.5) is 8.78 Å². The number of alkyl halides is 2. The number of carbonyl (C=O) groups excluding carboxylic acids is 1. The molecule has 0 aliphatic heterocycles. The number of ether oxygens (including phenoxy) is 3. The lowest BCUT2D eigenvalue weighted by Gasteiger charge is -2.45. The van der Waals surface area contributed by atoms with Gasteiger partial charge in [-0.2, -0.15) is 0 Å². The predicted molar refractivity (Wildman–Crippen MR) is 112 cm³/mol. The molecule has 1 N–H and O–H groups in total. The van der Waals surface area contributed by atoms with Gasteiger partial charge in [-0.15, -0.1) is 0 Å². The van der Waals surface area contributed by atoms with Crippen LogP contribution in [0, 0.1) is 0 Å². The molecular weight excluding hydrogens is 394 g/mol. The molecule has 1 aliphatic carbocycles. The quantitative estimate of drug-likeness (QED) is 0.568. The highest BCUT2D eigenvalue weighted by atomic mass is 19.3. The second kappa shape index (κ2) is 10.3. The summed E-state index contributed by atoms with van der Waals surface area (Å²) in [4.78, 5) is 14.8. The van der Waals surface area contributed by atoms with Crippen LogP contribution in [0.1, 0.15) is 55.8 Å². The topological polar surface area (TPSA) is 60.0 Å². The second-order valence-electron chi connectivity index (χ2n) is 8.07. The Hall–Kier alpha value is -2.09. The number of nitrogens with zero attached hydrogens (tertiary/aromatic N) is 1. The third-order valence-corrected chi connectivity index (χ3v) is 5.91. The summed E-state index contributed by atoms with van der Waals surface area (Å²) >= 11 is 0. The minimum atomic E-state index is -2.63. The maximum atomic E-state index is 13.6. The molecule has 0 unspecified atom stereocenters. The average Bonchev–Trinajstić information content (AvgIpc) is 2.72. The van der Waals surface area contributed by atoms with Gasteiger partial charge in [0.05, 0.1) is 20.8 Å². The van der Waals surface area contributed by atoms with E-state index in [1.54, 1.807) is 12.1 Å². The minimum absolute atomic E-state index is 0.174. The molecule has 0 bridgehead atoms. The summed E-state index contributed by atoms with van der Waals surface area (Å²) in [5, 5.41) is 2.92. The molecule has 6 nitrogen and oxygen atoms in total. The van der Waals surface area contributed by atoms with Crippen LogP contribution >= 0.6 is 0 Å². The van der Waals surface area contributed by atoms with E-state index in [0.717, 1.165) is 12.8 Å². The molecule has 0 aromatic heterocycles. The van der Waals surface area contributed by atoms with Crippen molar-refractivity contribution in [3.63, 3.8) is 0 Å². The normalized spacial score (nSPS) is 17.5. The van der Waals surface area contributed by atoms with Crippen molar-refractivity contribution in [3.8, 4) is 17.2 Å². The van der Waals surface area contributed by atoms with Gasteiger partial charge >= 0.3 is 0 Å². The van der Waals surface area contributed by atoms with E-state index in [-0.39, 0.29) is 25.3 Å². The van der Waals surface area contributed by atoms with Crippen LogP contribution in [0.15, 0.2) is 12.1 Å². The van der Waals surface area contributed by atoms with Crippen molar-refractivity contribution in [2.45, 2.75) is 56.9 Å². The third kappa shape index (κ3) is 5.74. The molecule has 0 spiro atoms. The van der Waals surface area contributed by atoms with Gasteiger partial charge in [0.1, 0.15) is 0 Å². The highest BCUT2D eigenvalue weighted by molar-refractivity contribution is 5.95. The molecule has 0 saturated heterocycles. The van der Waals surface area contributed by atoms with Gasteiger partial charge in [0.2, 0.25) is 11.7 Å². The Bertz CT molecular complexity index is 690. The number of benzene rings is 1. The lowest BCUT2D eigenvalue weighted by molar-refractivity contribution is -0.0727. The first-order valence-electron chi connectivity index (χ1n) is 10.4. The number of hydrogen-bond acceptors (Lipinski definition) is 5. The fraction of sp³-hybridized carbons (Fsp3) is 0.682. The summed E-state index contributed by atoms with van der Waals surface area (Å²) in [6.45, 7) is 2.87. The van der Waals surface area contributed by atoms with Gasteiger partial charge in [-0.3, -0.25) is 4.79 Å². The van der Waals surface area contributed by atoms with E-state index in [9.17, 15) is 13.6 Å². The van der Waals surface area contributed by atoms with Crippen molar-refractivity contribution in [1.82, 2.24) is 10.2 Å². The molecule has 30 heavy (non-hydrogen) atoms. The van der Waals surface area contributed by atoms with Crippen LogP contribution in [-0.2, 0) is 0 Å². The first kappa shape index (κ1) is 24.2. The molecule has 1 aliphatic rings. The Kier molecular flexibility index (Phi) is 8.29. The molecule has 0 radical (unpaired) electrons. The fourth-order valence-electron chi connectivity index (χ4n) is 3.68. The van der Waals surface area contributed by atoms with Crippen molar-refractivity contribution in [2.75, 3.05) is 41.5 Å². The Balaban J connectivity index is 2.15. The molecule has 0 heterocycles. The minimum Gasteiger partial charge on any atom is -0.493 e. The van der Waals surface area contributed by atoms with Crippen LogP contribution in [0.25, 0.3) is 0 Å². The molecule has 1 aromatic rings. The first-order valence-corrected chi connectivity index (χ1v) is 10.4. The lowest BCUT2D eigenvalue weighted by Crippen LogP contribution is -2.56. The van der Waals surface area contributed by atoms with Gasteiger partial charge in [-0.25, -0.2) is 8.78 Å². The van der Waals surface area contributed by atoms with E-state index in [2.05, 4.69) is 12.2 Å². The SMILES string of the molecule is CCCCOc1c(OC)cc(C(=O)NCC2(N(C)C)CCC(F)(F)CC2)cc1OC. The number of nitrogens with one attached hydrogen (secondary N) is 1. The fourth-order valence-corrected chi connectivity index (χ4v) is 3.68. The Morgan fingerprint density at radius 1 is 1.10 bits per heavy atom. The zero-order chi connectivity index (χ0) is 22.4. The zero-order valence-corrected chi connectivity index (χ0v) is 18.6. The maximum Gasteiger partial charge on any atom is 0.251 e.